The van der Waals surface area contributed by atoms with Gasteiger partial charge in [0.15, 0.2) is 5.82 Å². The Morgan fingerprint density at radius 3 is 2.81 bits per heavy atom. The highest BCUT2D eigenvalue weighted by molar-refractivity contribution is 5.93. The van der Waals surface area contributed by atoms with Crippen LogP contribution in [0.25, 0.3) is 33.5 Å². The predicted octanol–water partition coefficient (Wildman–Crippen LogP) is 3.14. The summed E-state index contributed by atoms with van der Waals surface area (Å²) in [5, 5.41) is 8.08. The Kier molecular flexibility index (Phi) is 2.97. The van der Waals surface area contributed by atoms with Gasteiger partial charge in [-0.05, 0) is 49.9 Å². The molecule has 0 amide bonds. The van der Waals surface area contributed by atoms with Crippen LogP contribution in [0, 0.1) is 5.82 Å². The molecule has 2 N–H and O–H groups in total. The molecule has 2 saturated heterocycles. The van der Waals surface area contributed by atoms with E-state index in [1.165, 1.54) is 24.2 Å². The van der Waals surface area contributed by atoms with Crippen LogP contribution in [0.15, 0.2) is 36.4 Å². The summed E-state index contributed by atoms with van der Waals surface area (Å²) in [6.45, 7) is 2.22. The number of nitrogens with one attached hydrogen (secondary N) is 2. The van der Waals surface area contributed by atoms with Gasteiger partial charge in [-0.15, -0.1) is 0 Å². The average molecular weight is 362 g/mol. The van der Waals surface area contributed by atoms with Gasteiger partial charge in [-0.25, -0.2) is 9.37 Å². The smallest absolute Gasteiger partial charge is 0.159 e. The number of aromatic nitrogens is 4. The van der Waals surface area contributed by atoms with Crippen molar-refractivity contribution in [3.63, 3.8) is 0 Å². The first-order chi connectivity index (χ1) is 13.2. The van der Waals surface area contributed by atoms with E-state index in [-0.39, 0.29) is 5.82 Å². The SMILES string of the molecule is CN1CC2CC1CN2c1ccc2nc(-c3n[nH]c4cc(F)ccc34)[nH]c2c1. The average Bonchev–Trinajstić information content (AvgIpc) is 3.41. The monoisotopic (exact) mass is 362 g/mol. The third-order valence-electron chi connectivity index (χ3n) is 6.06. The number of likely N-dealkylation sites (tertiary alicyclic amines) is 1. The summed E-state index contributed by atoms with van der Waals surface area (Å²) in [5.41, 5.74) is 4.53. The third-order valence-corrected chi connectivity index (χ3v) is 6.06. The first-order valence-corrected chi connectivity index (χ1v) is 9.26. The maximum Gasteiger partial charge on any atom is 0.159 e. The number of fused-ring (bicyclic) bond motifs is 4. The van der Waals surface area contributed by atoms with Crippen molar-refractivity contribution in [3.8, 4) is 11.5 Å². The topological polar surface area (TPSA) is 63.8 Å². The van der Waals surface area contributed by atoms with Crippen LogP contribution >= 0.6 is 0 Å². The number of piperazine rings is 1. The van der Waals surface area contributed by atoms with E-state index >= 15 is 0 Å². The molecule has 4 heterocycles. The van der Waals surface area contributed by atoms with E-state index in [4.69, 9.17) is 4.98 Å². The van der Waals surface area contributed by atoms with Crippen LogP contribution in [0.5, 0.6) is 0 Å². The Balaban J connectivity index is 1.40. The molecule has 2 fully saturated rings. The maximum atomic E-state index is 13.4. The Morgan fingerprint density at radius 2 is 2.00 bits per heavy atom. The number of halogens is 1. The molecule has 2 aliphatic heterocycles. The highest BCUT2D eigenvalue weighted by Crippen LogP contribution is 2.35. The summed E-state index contributed by atoms with van der Waals surface area (Å²) in [6.07, 6.45) is 1.25. The molecular formula is C20H19FN6. The van der Waals surface area contributed by atoms with Gasteiger partial charge in [0.2, 0.25) is 0 Å². The first kappa shape index (κ1) is 15.2. The van der Waals surface area contributed by atoms with Crippen LogP contribution < -0.4 is 4.90 Å². The van der Waals surface area contributed by atoms with E-state index in [0.717, 1.165) is 29.5 Å². The zero-order valence-corrected chi connectivity index (χ0v) is 14.9. The number of nitrogens with zero attached hydrogens (tertiary/aromatic N) is 4. The van der Waals surface area contributed by atoms with Crippen molar-refractivity contribution in [2.24, 2.45) is 0 Å². The van der Waals surface area contributed by atoms with Gasteiger partial charge >= 0.3 is 0 Å². The normalized spacial score (nSPS) is 22.5. The molecule has 2 bridgehead atoms. The Morgan fingerprint density at radius 1 is 1.07 bits per heavy atom. The van der Waals surface area contributed by atoms with E-state index in [1.807, 2.05) is 0 Å². The molecule has 136 valence electrons. The fourth-order valence-corrected chi connectivity index (χ4v) is 4.64. The number of rotatable bonds is 2. The van der Waals surface area contributed by atoms with E-state index in [1.54, 1.807) is 6.07 Å². The molecule has 0 saturated carbocycles. The molecule has 0 aliphatic carbocycles. The largest absolute Gasteiger partial charge is 0.366 e. The first-order valence-electron chi connectivity index (χ1n) is 9.26. The third kappa shape index (κ3) is 2.21. The minimum Gasteiger partial charge on any atom is -0.366 e. The van der Waals surface area contributed by atoms with Crippen LogP contribution in [0.3, 0.4) is 0 Å². The van der Waals surface area contributed by atoms with Crippen LogP contribution in [-0.2, 0) is 0 Å². The number of aromatic amines is 2. The lowest BCUT2D eigenvalue weighted by molar-refractivity contribution is 0.292. The van der Waals surface area contributed by atoms with Crippen molar-refractivity contribution in [2.45, 2.75) is 18.5 Å². The minimum atomic E-state index is -0.280. The standard InChI is InChI=1S/C20H19FN6/c1-26-9-14-7-13(26)10-27(14)12-3-5-16-18(8-12)23-20(22-16)19-15-4-2-11(21)6-17(15)24-25-19/h2-6,8,13-14H,7,9-10H2,1H3,(H,22,23)(H,24,25). The summed E-state index contributed by atoms with van der Waals surface area (Å²) < 4.78 is 13.4. The van der Waals surface area contributed by atoms with Crippen LogP contribution in [0.2, 0.25) is 0 Å². The van der Waals surface area contributed by atoms with Crippen molar-refractivity contribution in [3.05, 3.63) is 42.2 Å². The maximum absolute atomic E-state index is 13.4. The second kappa shape index (κ2) is 5.29. The second-order valence-corrected chi connectivity index (χ2v) is 7.68. The fourth-order valence-electron chi connectivity index (χ4n) is 4.64. The number of hydrogen-bond donors (Lipinski definition) is 2. The molecule has 2 aliphatic rings. The van der Waals surface area contributed by atoms with E-state index in [9.17, 15) is 4.39 Å². The van der Waals surface area contributed by atoms with Gasteiger partial charge in [0.1, 0.15) is 11.5 Å². The van der Waals surface area contributed by atoms with Gasteiger partial charge in [-0.3, -0.25) is 10.00 Å². The fraction of sp³-hybridized carbons (Fsp3) is 0.300. The zero-order valence-electron chi connectivity index (χ0n) is 14.9. The summed E-state index contributed by atoms with van der Waals surface area (Å²) in [5.74, 6) is 0.417. The highest BCUT2D eigenvalue weighted by Gasteiger charge is 2.41. The summed E-state index contributed by atoms with van der Waals surface area (Å²) >= 11 is 0. The lowest BCUT2D eigenvalue weighted by Gasteiger charge is -2.33. The van der Waals surface area contributed by atoms with Crippen LogP contribution in [0.1, 0.15) is 6.42 Å². The van der Waals surface area contributed by atoms with Crippen molar-refractivity contribution < 1.29 is 4.39 Å². The van der Waals surface area contributed by atoms with Crippen LogP contribution in [0.4, 0.5) is 10.1 Å². The number of hydrogen-bond acceptors (Lipinski definition) is 4. The molecule has 7 heteroatoms. The van der Waals surface area contributed by atoms with E-state index in [2.05, 4.69) is 50.2 Å². The molecule has 2 unspecified atom stereocenters. The van der Waals surface area contributed by atoms with Gasteiger partial charge < -0.3 is 9.88 Å². The highest BCUT2D eigenvalue weighted by atomic mass is 19.1. The molecule has 2 aromatic heterocycles. The second-order valence-electron chi connectivity index (χ2n) is 7.68. The number of H-pyrrole nitrogens is 2. The summed E-state index contributed by atoms with van der Waals surface area (Å²) in [6, 6.07) is 12.3. The van der Waals surface area contributed by atoms with Crippen molar-refractivity contribution >= 4 is 27.6 Å². The number of likely N-dealkylation sites (N-methyl/N-ethyl adjacent to an activating group) is 1. The van der Waals surface area contributed by atoms with Crippen LogP contribution in [-0.4, -0.2) is 57.3 Å². The Labute approximate surface area is 155 Å². The molecule has 2 aromatic carbocycles. The summed E-state index contributed by atoms with van der Waals surface area (Å²) in [7, 11) is 2.21. The van der Waals surface area contributed by atoms with Gasteiger partial charge in [-0.1, -0.05) is 0 Å². The molecule has 2 atom stereocenters. The molecule has 27 heavy (non-hydrogen) atoms. The summed E-state index contributed by atoms with van der Waals surface area (Å²) in [4.78, 5) is 13.1. The zero-order chi connectivity index (χ0) is 18.1. The minimum absolute atomic E-state index is 0.280. The van der Waals surface area contributed by atoms with Crippen molar-refractivity contribution in [2.75, 3.05) is 25.0 Å². The van der Waals surface area contributed by atoms with Crippen molar-refractivity contribution in [1.82, 2.24) is 25.1 Å². The Bertz CT molecular complexity index is 1180. The van der Waals surface area contributed by atoms with Gasteiger partial charge in [-0.2, -0.15) is 5.10 Å². The lowest BCUT2D eigenvalue weighted by Crippen LogP contribution is -2.44. The van der Waals surface area contributed by atoms with Gasteiger partial charge in [0.25, 0.3) is 0 Å². The Hall–Kier alpha value is -2.93. The molecule has 0 spiro atoms. The van der Waals surface area contributed by atoms with Gasteiger partial charge in [0, 0.05) is 36.2 Å². The van der Waals surface area contributed by atoms with E-state index < -0.39 is 0 Å². The lowest BCUT2D eigenvalue weighted by atomic mass is 10.2. The quantitative estimate of drug-likeness (QED) is 0.575. The number of benzene rings is 2. The van der Waals surface area contributed by atoms with Crippen molar-refractivity contribution in [1.29, 1.82) is 0 Å². The molecule has 4 aromatic rings. The predicted molar refractivity (Wildman–Crippen MR) is 103 cm³/mol. The van der Waals surface area contributed by atoms with E-state index in [0.29, 0.717) is 29.1 Å². The number of anilines is 1. The van der Waals surface area contributed by atoms with Gasteiger partial charge in [0.05, 0.1) is 16.6 Å². The molecule has 0 radical (unpaired) electrons. The molecule has 6 rings (SSSR count). The number of imidazole rings is 1. The molecule has 6 nitrogen and oxygen atoms in total. The molecular weight excluding hydrogens is 343 g/mol.